The molecule has 0 atom stereocenters. The molecule has 3 rings (SSSR count). The molecular weight excluding hydrogens is 350 g/mol. The van der Waals surface area contributed by atoms with Crippen molar-refractivity contribution < 1.29 is 19.6 Å². The number of non-ortho nitro benzene ring substituents is 1. The fourth-order valence-electron chi connectivity index (χ4n) is 3.06. The summed E-state index contributed by atoms with van der Waals surface area (Å²) in [5, 5.41) is 20.5. The molecule has 0 aromatic heterocycles. The lowest BCUT2D eigenvalue weighted by Gasteiger charge is -2.35. The van der Waals surface area contributed by atoms with E-state index in [1.807, 2.05) is 0 Å². The van der Waals surface area contributed by atoms with Gasteiger partial charge in [-0.1, -0.05) is 12.1 Å². The van der Waals surface area contributed by atoms with Gasteiger partial charge in [-0.3, -0.25) is 19.7 Å². The van der Waals surface area contributed by atoms with Gasteiger partial charge in [0.15, 0.2) is 0 Å². The van der Waals surface area contributed by atoms with E-state index in [9.17, 15) is 24.8 Å². The van der Waals surface area contributed by atoms with Crippen LogP contribution in [0.4, 0.5) is 5.69 Å². The molecule has 1 saturated heterocycles. The van der Waals surface area contributed by atoms with Crippen molar-refractivity contribution in [3.63, 3.8) is 0 Å². The molecule has 2 aromatic rings. The van der Waals surface area contributed by atoms with E-state index in [0.29, 0.717) is 42.9 Å². The van der Waals surface area contributed by atoms with E-state index >= 15 is 0 Å². The maximum Gasteiger partial charge on any atom is 0.270 e. The molecule has 8 heteroatoms. The highest BCUT2D eigenvalue weighted by Gasteiger charge is 2.27. The summed E-state index contributed by atoms with van der Waals surface area (Å²) in [6.45, 7) is 3.12. The Kier molecular flexibility index (Phi) is 5.07. The van der Waals surface area contributed by atoms with Crippen molar-refractivity contribution in [3.8, 4) is 5.75 Å². The van der Waals surface area contributed by atoms with Crippen LogP contribution in [0.2, 0.25) is 0 Å². The summed E-state index contributed by atoms with van der Waals surface area (Å²) in [4.78, 5) is 38.9. The maximum atomic E-state index is 12.8. The van der Waals surface area contributed by atoms with E-state index in [1.165, 1.54) is 24.3 Å². The zero-order chi connectivity index (χ0) is 19.6. The van der Waals surface area contributed by atoms with Crippen molar-refractivity contribution in [1.29, 1.82) is 0 Å². The highest BCUT2D eigenvalue weighted by atomic mass is 16.6. The van der Waals surface area contributed by atoms with Gasteiger partial charge < -0.3 is 14.9 Å². The Balaban J connectivity index is 1.69. The number of nitro benzene ring substituents is 1. The molecule has 1 aliphatic heterocycles. The van der Waals surface area contributed by atoms with E-state index in [4.69, 9.17) is 0 Å². The Labute approximate surface area is 155 Å². The van der Waals surface area contributed by atoms with Gasteiger partial charge >= 0.3 is 0 Å². The van der Waals surface area contributed by atoms with Gasteiger partial charge in [-0.25, -0.2) is 0 Å². The third-order valence-electron chi connectivity index (χ3n) is 4.61. The number of amides is 2. The average molecular weight is 369 g/mol. The van der Waals surface area contributed by atoms with Crippen LogP contribution in [0.25, 0.3) is 0 Å². The fourth-order valence-corrected chi connectivity index (χ4v) is 3.06. The minimum Gasteiger partial charge on any atom is -0.508 e. The standard InChI is InChI=1S/C19H19N3O5/c1-13-5-6-15(22(26)27)12-17(13)19(25)21-9-7-20(8-10-21)18(24)14-3-2-4-16(23)11-14/h2-6,11-12,23H,7-10H2,1H3. The second kappa shape index (κ2) is 7.45. The molecular formula is C19H19N3O5. The zero-order valence-electron chi connectivity index (χ0n) is 14.8. The van der Waals surface area contributed by atoms with Crippen molar-refractivity contribution in [2.75, 3.05) is 26.2 Å². The van der Waals surface area contributed by atoms with Crippen LogP contribution in [0.1, 0.15) is 26.3 Å². The SMILES string of the molecule is Cc1ccc([N+](=O)[O-])cc1C(=O)N1CCN(C(=O)c2cccc(O)c2)CC1. The lowest BCUT2D eigenvalue weighted by atomic mass is 10.1. The van der Waals surface area contributed by atoms with E-state index < -0.39 is 4.92 Å². The predicted molar refractivity (Wildman–Crippen MR) is 97.7 cm³/mol. The zero-order valence-corrected chi connectivity index (χ0v) is 14.8. The van der Waals surface area contributed by atoms with E-state index in [1.54, 1.807) is 34.9 Å². The Morgan fingerprint density at radius 2 is 1.63 bits per heavy atom. The molecule has 0 aliphatic carbocycles. The topological polar surface area (TPSA) is 104 Å². The van der Waals surface area contributed by atoms with Crippen LogP contribution in [0, 0.1) is 17.0 Å². The number of aryl methyl sites for hydroxylation is 1. The lowest BCUT2D eigenvalue weighted by molar-refractivity contribution is -0.384. The highest BCUT2D eigenvalue weighted by Crippen LogP contribution is 2.20. The minimum atomic E-state index is -0.526. The molecule has 1 N–H and O–H groups in total. The fraction of sp³-hybridized carbons (Fsp3) is 0.263. The number of piperazine rings is 1. The smallest absolute Gasteiger partial charge is 0.270 e. The van der Waals surface area contributed by atoms with Gasteiger partial charge in [0.25, 0.3) is 17.5 Å². The Hall–Kier alpha value is -3.42. The van der Waals surface area contributed by atoms with E-state index in [-0.39, 0.29) is 23.3 Å². The second-order valence-electron chi connectivity index (χ2n) is 6.39. The molecule has 1 aliphatic rings. The highest BCUT2D eigenvalue weighted by molar-refractivity contribution is 5.97. The lowest BCUT2D eigenvalue weighted by Crippen LogP contribution is -2.50. The van der Waals surface area contributed by atoms with Crippen LogP contribution in [0.15, 0.2) is 42.5 Å². The van der Waals surface area contributed by atoms with Gasteiger partial charge in [0.1, 0.15) is 5.75 Å². The molecule has 2 aromatic carbocycles. The molecule has 0 radical (unpaired) electrons. The van der Waals surface area contributed by atoms with Crippen LogP contribution in [0.3, 0.4) is 0 Å². The Morgan fingerprint density at radius 1 is 1.00 bits per heavy atom. The number of hydrogen-bond donors (Lipinski definition) is 1. The number of rotatable bonds is 3. The third kappa shape index (κ3) is 3.89. The van der Waals surface area contributed by atoms with Gasteiger partial charge in [0.2, 0.25) is 0 Å². The summed E-state index contributed by atoms with van der Waals surface area (Å²) < 4.78 is 0. The van der Waals surface area contributed by atoms with Crippen LogP contribution in [0.5, 0.6) is 5.75 Å². The second-order valence-corrected chi connectivity index (χ2v) is 6.39. The first kappa shape index (κ1) is 18.4. The third-order valence-corrected chi connectivity index (χ3v) is 4.61. The summed E-state index contributed by atoms with van der Waals surface area (Å²) in [5.74, 6) is -0.457. The molecule has 27 heavy (non-hydrogen) atoms. The summed E-state index contributed by atoms with van der Waals surface area (Å²) in [7, 11) is 0. The molecule has 0 saturated carbocycles. The van der Waals surface area contributed by atoms with Crippen molar-refractivity contribution >= 4 is 17.5 Å². The summed E-state index contributed by atoms with van der Waals surface area (Å²) >= 11 is 0. The quantitative estimate of drug-likeness (QED) is 0.660. The predicted octanol–water partition coefficient (Wildman–Crippen LogP) is 2.21. The molecule has 0 bridgehead atoms. The number of carbonyl (C=O) groups excluding carboxylic acids is 2. The van der Waals surface area contributed by atoms with Crippen LogP contribution in [-0.2, 0) is 0 Å². The molecule has 1 fully saturated rings. The molecule has 0 spiro atoms. The first-order valence-corrected chi connectivity index (χ1v) is 8.49. The Bertz CT molecular complexity index is 904. The number of hydrogen-bond acceptors (Lipinski definition) is 5. The Morgan fingerprint density at radius 3 is 2.22 bits per heavy atom. The van der Waals surface area contributed by atoms with E-state index in [0.717, 1.165) is 0 Å². The average Bonchev–Trinajstić information content (AvgIpc) is 2.67. The van der Waals surface area contributed by atoms with Gasteiger partial charge in [0.05, 0.1) is 4.92 Å². The maximum absolute atomic E-state index is 12.8. The minimum absolute atomic E-state index is 0.0239. The molecule has 0 unspecified atom stereocenters. The molecule has 1 heterocycles. The van der Waals surface area contributed by atoms with Crippen LogP contribution < -0.4 is 0 Å². The molecule has 8 nitrogen and oxygen atoms in total. The summed E-state index contributed by atoms with van der Waals surface area (Å²) in [6.07, 6.45) is 0. The molecule has 2 amide bonds. The number of phenols is 1. The van der Waals surface area contributed by atoms with Crippen LogP contribution >= 0.6 is 0 Å². The normalized spacial score (nSPS) is 14.1. The van der Waals surface area contributed by atoms with Crippen molar-refractivity contribution in [1.82, 2.24) is 9.80 Å². The van der Waals surface area contributed by atoms with Gasteiger partial charge in [0, 0.05) is 49.4 Å². The van der Waals surface area contributed by atoms with Crippen LogP contribution in [-0.4, -0.2) is 57.8 Å². The van der Waals surface area contributed by atoms with Gasteiger partial charge in [-0.2, -0.15) is 0 Å². The number of carbonyl (C=O) groups is 2. The van der Waals surface area contributed by atoms with Gasteiger partial charge in [-0.05, 0) is 30.7 Å². The molecule has 140 valence electrons. The van der Waals surface area contributed by atoms with Gasteiger partial charge in [-0.15, -0.1) is 0 Å². The number of nitrogens with zero attached hydrogens (tertiary/aromatic N) is 3. The summed E-state index contributed by atoms with van der Waals surface area (Å²) in [6, 6.07) is 10.4. The number of aromatic hydroxyl groups is 1. The number of nitro groups is 1. The summed E-state index contributed by atoms with van der Waals surface area (Å²) in [5.41, 5.74) is 1.24. The first-order chi connectivity index (χ1) is 12.9. The number of benzene rings is 2. The number of phenolic OH excluding ortho intramolecular Hbond substituents is 1. The monoisotopic (exact) mass is 369 g/mol. The largest absolute Gasteiger partial charge is 0.508 e. The van der Waals surface area contributed by atoms with Crippen molar-refractivity contribution in [3.05, 3.63) is 69.3 Å². The van der Waals surface area contributed by atoms with E-state index in [2.05, 4.69) is 0 Å². The van der Waals surface area contributed by atoms with Crippen molar-refractivity contribution in [2.45, 2.75) is 6.92 Å². The first-order valence-electron chi connectivity index (χ1n) is 8.49. The van der Waals surface area contributed by atoms with Crippen molar-refractivity contribution in [2.24, 2.45) is 0 Å².